The summed E-state index contributed by atoms with van der Waals surface area (Å²) in [6.07, 6.45) is -3.37. The highest BCUT2D eigenvalue weighted by Crippen LogP contribution is 2.18. The summed E-state index contributed by atoms with van der Waals surface area (Å²) in [5.74, 6) is 0.349. The molecule has 0 saturated heterocycles. The lowest BCUT2D eigenvalue weighted by Gasteiger charge is -2.12. The minimum Gasteiger partial charge on any atom is -0.357 e. The zero-order valence-electron chi connectivity index (χ0n) is 15.5. The summed E-state index contributed by atoms with van der Waals surface area (Å²) in [5, 5.41) is 5.60. The highest BCUT2D eigenvalue weighted by molar-refractivity contribution is 14.0. The first kappa shape index (κ1) is 24.0. The van der Waals surface area contributed by atoms with Crippen molar-refractivity contribution in [3.8, 4) is 0 Å². The fraction of sp³-hybridized carbons (Fsp3) is 0.368. The number of halogens is 4. The van der Waals surface area contributed by atoms with Crippen LogP contribution in [0.5, 0.6) is 0 Å². The van der Waals surface area contributed by atoms with Crippen LogP contribution in [0.1, 0.15) is 24.5 Å². The van der Waals surface area contributed by atoms with Crippen molar-refractivity contribution in [3.05, 3.63) is 70.1 Å². The van der Waals surface area contributed by atoms with E-state index in [-0.39, 0.29) is 36.1 Å². The molecule has 0 fully saturated rings. The van der Waals surface area contributed by atoms with E-state index in [0.717, 1.165) is 11.1 Å². The molecule has 0 atom stereocenters. The maximum Gasteiger partial charge on any atom is 0.390 e. The summed E-state index contributed by atoms with van der Waals surface area (Å²) in [6, 6.07) is 12.6. The van der Waals surface area contributed by atoms with Gasteiger partial charge in [0.25, 0.3) is 5.56 Å². The molecule has 2 rings (SSSR count). The zero-order valence-corrected chi connectivity index (χ0v) is 17.8. The van der Waals surface area contributed by atoms with Gasteiger partial charge >= 0.3 is 6.18 Å². The van der Waals surface area contributed by atoms with Crippen LogP contribution in [0, 0.1) is 0 Å². The quantitative estimate of drug-likeness (QED) is 0.342. The van der Waals surface area contributed by atoms with Gasteiger partial charge in [-0.3, -0.25) is 4.79 Å². The van der Waals surface area contributed by atoms with E-state index < -0.39 is 12.6 Å². The van der Waals surface area contributed by atoms with Crippen LogP contribution < -0.4 is 16.2 Å². The molecule has 0 aliphatic rings. The molecule has 0 saturated carbocycles. The molecular formula is C19H24F3IN4O. The second-order valence-corrected chi connectivity index (χ2v) is 5.97. The first-order chi connectivity index (χ1) is 12.9. The number of nitrogens with zero attached hydrogens (tertiary/aromatic N) is 2. The number of aromatic nitrogens is 1. The van der Waals surface area contributed by atoms with Crippen molar-refractivity contribution < 1.29 is 13.2 Å². The van der Waals surface area contributed by atoms with Crippen LogP contribution >= 0.6 is 24.0 Å². The van der Waals surface area contributed by atoms with Crippen molar-refractivity contribution >= 4 is 29.9 Å². The van der Waals surface area contributed by atoms with E-state index in [9.17, 15) is 18.0 Å². The van der Waals surface area contributed by atoms with E-state index in [1.807, 2.05) is 31.2 Å². The van der Waals surface area contributed by atoms with Gasteiger partial charge in [0.2, 0.25) is 0 Å². The molecule has 1 aromatic carbocycles. The molecule has 0 bridgehead atoms. The Kier molecular flexibility index (Phi) is 10.0. The third-order valence-corrected chi connectivity index (χ3v) is 3.74. The summed E-state index contributed by atoms with van der Waals surface area (Å²) < 4.78 is 38.3. The van der Waals surface area contributed by atoms with Crippen LogP contribution in [-0.4, -0.2) is 29.8 Å². The number of benzene rings is 1. The summed E-state index contributed by atoms with van der Waals surface area (Å²) in [6.45, 7) is 3.00. The Bertz CT molecular complexity index is 804. The molecule has 1 heterocycles. The molecule has 9 heteroatoms. The van der Waals surface area contributed by atoms with Gasteiger partial charge in [-0.2, -0.15) is 13.2 Å². The number of guanidine groups is 1. The minimum absolute atomic E-state index is 0. The van der Waals surface area contributed by atoms with Gasteiger partial charge in [-0.25, -0.2) is 4.99 Å². The molecule has 0 aliphatic heterocycles. The molecule has 0 radical (unpaired) electrons. The molecule has 5 nitrogen and oxygen atoms in total. The van der Waals surface area contributed by atoms with Crippen molar-refractivity contribution in [1.82, 2.24) is 15.2 Å². The number of rotatable bonds is 7. The zero-order chi connectivity index (χ0) is 19.7. The lowest BCUT2D eigenvalue weighted by molar-refractivity contribution is -0.132. The number of nitrogens with one attached hydrogen (secondary N) is 2. The van der Waals surface area contributed by atoms with E-state index in [4.69, 9.17) is 0 Å². The molecule has 0 unspecified atom stereocenters. The summed E-state index contributed by atoms with van der Waals surface area (Å²) in [7, 11) is 0. The maximum absolute atomic E-state index is 12.2. The number of pyridine rings is 1. The van der Waals surface area contributed by atoms with Gasteiger partial charge in [-0.15, -0.1) is 24.0 Å². The molecule has 0 aliphatic carbocycles. The van der Waals surface area contributed by atoms with Crippen molar-refractivity contribution in [1.29, 1.82) is 0 Å². The molecule has 28 heavy (non-hydrogen) atoms. The Morgan fingerprint density at radius 2 is 1.75 bits per heavy atom. The first-order valence-electron chi connectivity index (χ1n) is 8.69. The van der Waals surface area contributed by atoms with E-state index >= 15 is 0 Å². The van der Waals surface area contributed by atoms with E-state index in [1.54, 1.807) is 22.9 Å². The van der Waals surface area contributed by atoms with E-state index in [2.05, 4.69) is 15.6 Å². The van der Waals surface area contributed by atoms with Crippen molar-refractivity contribution in [2.24, 2.45) is 4.99 Å². The molecule has 0 amide bonds. The Balaban J connectivity index is 0.00000392. The lowest BCUT2D eigenvalue weighted by atomic mass is 10.1. The van der Waals surface area contributed by atoms with Crippen LogP contribution in [0.15, 0.2) is 58.4 Å². The van der Waals surface area contributed by atoms with Crippen LogP contribution in [0.2, 0.25) is 0 Å². The third-order valence-electron chi connectivity index (χ3n) is 3.74. The lowest BCUT2D eigenvalue weighted by Crippen LogP contribution is -2.38. The molecule has 1 aromatic heterocycles. The van der Waals surface area contributed by atoms with Gasteiger partial charge in [0.05, 0.1) is 19.5 Å². The number of aliphatic imine (C=N–C) groups is 1. The predicted molar refractivity (Wildman–Crippen MR) is 115 cm³/mol. The highest BCUT2D eigenvalue weighted by atomic mass is 127. The van der Waals surface area contributed by atoms with Gasteiger partial charge in [0.1, 0.15) is 0 Å². The fourth-order valence-electron chi connectivity index (χ4n) is 2.37. The molecule has 2 N–H and O–H groups in total. The van der Waals surface area contributed by atoms with Crippen molar-refractivity contribution in [2.75, 3.05) is 13.1 Å². The van der Waals surface area contributed by atoms with Crippen molar-refractivity contribution in [3.63, 3.8) is 0 Å². The van der Waals surface area contributed by atoms with Crippen molar-refractivity contribution in [2.45, 2.75) is 32.6 Å². The highest BCUT2D eigenvalue weighted by Gasteiger charge is 2.26. The number of hydrogen-bond acceptors (Lipinski definition) is 2. The van der Waals surface area contributed by atoms with Crippen LogP contribution in [-0.2, 0) is 13.1 Å². The SMILES string of the molecule is CCNC(=NCc1ccc(Cn2ccccc2=O)cc1)NCCC(F)(F)F.I. The first-order valence-corrected chi connectivity index (χ1v) is 8.69. The average molecular weight is 508 g/mol. The number of alkyl halides is 3. The van der Waals surface area contributed by atoms with Crippen LogP contribution in [0.25, 0.3) is 0 Å². The smallest absolute Gasteiger partial charge is 0.357 e. The molecule has 0 spiro atoms. The van der Waals surface area contributed by atoms with E-state index in [1.165, 1.54) is 6.07 Å². The van der Waals surface area contributed by atoms with Gasteiger partial charge in [-0.1, -0.05) is 30.3 Å². The van der Waals surface area contributed by atoms with Gasteiger partial charge in [0.15, 0.2) is 5.96 Å². The third kappa shape index (κ3) is 8.77. The van der Waals surface area contributed by atoms with Crippen LogP contribution in [0.4, 0.5) is 13.2 Å². The summed E-state index contributed by atoms with van der Waals surface area (Å²) >= 11 is 0. The maximum atomic E-state index is 12.2. The molecule has 2 aromatic rings. The Hall–Kier alpha value is -2.04. The topological polar surface area (TPSA) is 58.4 Å². The molecular weight excluding hydrogens is 484 g/mol. The fourth-order valence-corrected chi connectivity index (χ4v) is 2.37. The van der Waals surface area contributed by atoms with Gasteiger partial charge in [0, 0.05) is 25.4 Å². The normalized spacial score (nSPS) is 11.6. The summed E-state index contributed by atoms with van der Waals surface area (Å²) in [4.78, 5) is 16.0. The standard InChI is InChI=1S/C19H23F3N4O.HI/c1-2-23-18(24-11-10-19(20,21)22)25-13-15-6-8-16(9-7-15)14-26-12-4-3-5-17(26)27;/h3-9,12H,2,10-11,13-14H2,1H3,(H2,23,24,25);1H. The van der Waals surface area contributed by atoms with Crippen LogP contribution in [0.3, 0.4) is 0 Å². The van der Waals surface area contributed by atoms with Gasteiger partial charge < -0.3 is 15.2 Å². The van der Waals surface area contributed by atoms with Gasteiger partial charge in [-0.05, 0) is 24.1 Å². The molecule has 154 valence electrons. The minimum atomic E-state index is -4.19. The number of hydrogen-bond donors (Lipinski definition) is 2. The second kappa shape index (κ2) is 11.7. The monoisotopic (exact) mass is 508 g/mol. The largest absolute Gasteiger partial charge is 0.390 e. The average Bonchev–Trinajstić information content (AvgIpc) is 2.62. The predicted octanol–water partition coefficient (Wildman–Crippen LogP) is 3.52. The Morgan fingerprint density at radius 1 is 1.07 bits per heavy atom. The second-order valence-electron chi connectivity index (χ2n) is 5.97. The van der Waals surface area contributed by atoms with E-state index in [0.29, 0.717) is 25.6 Å². The summed E-state index contributed by atoms with van der Waals surface area (Å²) in [5.41, 5.74) is 1.84. The Labute approximate surface area is 179 Å². The Morgan fingerprint density at radius 3 is 2.36 bits per heavy atom.